The molecule has 1 aliphatic rings. The Bertz CT molecular complexity index is 1390. The highest BCUT2D eigenvalue weighted by Gasteiger charge is 2.25. The standard InChI is InChI=1S/C24H23N3O6S/c1-15-8-10-17(34(30,31)27(2)20-6-4-5-7-22(20)32-3)13-18(15)24(29)25-16-9-11-21-19(12-16)26-23(28)14-33-21/h4-13H,14H2,1-3H3,(H,25,29)(H,26,28). The minimum absolute atomic E-state index is 0.0391. The zero-order valence-corrected chi connectivity index (χ0v) is 19.6. The molecule has 0 aromatic heterocycles. The topological polar surface area (TPSA) is 114 Å². The molecule has 0 aliphatic carbocycles. The Morgan fingerprint density at radius 2 is 1.88 bits per heavy atom. The summed E-state index contributed by atoms with van der Waals surface area (Å²) in [7, 11) is -1.09. The fourth-order valence-corrected chi connectivity index (χ4v) is 4.78. The molecule has 9 nitrogen and oxygen atoms in total. The van der Waals surface area contributed by atoms with Gasteiger partial charge in [-0.2, -0.15) is 0 Å². The molecule has 176 valence electrons. The Kier molecular flexibility index (Phi) is 6.16. The van der Waals surface area contributed by atoms with Crippen LogP contribution in [0, 0.1) is 6.92 Å². The van der Waals surface area contributed by atoms with Gasteiger partial charge in [-0.05, 0) is 55.0 Å². The molecule has 0 bridgehead atoms. The van der Waals surface area contributed by atoms with Gasteiger partial charge in [-0.1, -0.05) is 18.2 Å². The number of para-hydroxylation sites is 2. The number of carbonyl (C=O) groups excluding carboxylic acids is 2. The van der Waals surface area contributed by atoms with Gasteiger partial charge in [0.25, 0.3) is 21.8 Å². The summed E-state index contributed by atoms with van der Waals surface area (Å²) in [5.41, 5.74) is 2.04. The van der Waals surface area contributed by atoms with Gasteiger partial charge in [-0.3, -0.25) is 13.9 Å². The number of benzene rings is 3. The van der Waals surface area contributed by atoms with Crippen LogP contribution in [0.3, 0.4) is 0 Å². The molecule has 0 unspecified atom stereocenters. The molecule has 0 fully saturated rings. The fourth-order valence-electron chi connectivity index (χ4n) is 3.54. The number of rotatable bonds is 6. The molecule has 0 saturated heterocycles. The molecule has 0 spiro atoms. The van der Waals surface area contributed by atoms with E-state index in [-0.39, 0.29) is 23.0 Å². The molecular weight excluding hydrogens is 458 g/mol. The van der Waals surface area contributed by atoms with Crippen molar-refractivity contribution in [2.75, 3.05) is 35.7 Å². The summed E-state index contributed by atoms with van der Waals surface area (Å²) < 4.78 is 38.4. The predicted octanol–water partition coefficient (Wildman–Crippen LogP) is 3.41. The minimum atomic E-state index is -3.98. The smallest absolute Gasteiger partial charge is 0.264 e. The summed E-state index contributed by atoms with van der Waals surface area (Å²) in [6.45, 7) is 1.65. The third-order valence-electron chi connectivity index (χ3n) is 5.41. The van der Waals surface area contributed by atoms with Gasteiger partial charge in [0.05, 0.1) is 23.4 Å². The summed E-state index contributed by atoms with van der Waals surface area (Å²) in [5, 5.41) is 5.43. The van der Waals surface area contributed by atoms with Crippen molar-refractivity contribution >= 4 is 38.9 Å². The Morgan fingerprint density at radius 1 is 1.12 bits per heavy atom. The molecule has 2 N–H and O–H groups in total. The first-order chi connectivity index (χ1) is 16.2. The zero-order chi connectivity index (χ0) is 24.5. The van der Waals surface area contributed by atoms with Crippen molar-refractivity contribution in [1.29, 1.82) is 0 Å². The summed E-state index contributed by atoms with van der Waals surface area (Å²) in [5.74, 6) is 0.129. The largest absolute Gasteiger partial charge is 0.495 e. The van der Waals surface area contributed by atoms with E-state index in [1.54, 1.807) is 55.5 Å². The quantitative estimate of drug-likeness (QED) is 0.558. The summed E-state index contributed by atoms with van der Waals surface area (Å²) in [6, 6.07) is 16.0. The van der Waals surface area contributed by atoms with Crippen LogP contribution in [0.5, 0.6) is 11.5 Å². The van der Waals surface area contributed by atoms with Crippen molar-refractivity contribution < 1.29 is 27.5 Å². The lowest BCUT2D eigenvalue weighted by Crippen LogP contribution is -2.27. The van der Waals surface area contributed by atoms with Gasteiger partial charge in [0.1, 0.15) is 11.5 Å². The monoisotopic (exact) mass is 481 g/mol. The Balaban J connectivity index is 1.62. The molecule has 3 aromatic carbocycles. The SMILES string of the molecule is COc1ccccc1N(C)S(=O)(=O)c1ccc(C)c(C(=O)Nc2ccc3c(c2)NC(=O)CO3)c1. The second-order valence-corrected chi connectivity index (χ2v) is 9.59. The molecule has 34 heavy (non-hydrogen) atoms. The number of fused-ring (bicyclic) bond motifs is 1. The van der Waals surface area contributed by atoms with Gasteiger partial charge in [0, 0.05) is 18.3 Å². The number of methoxy groups -OCH3 is 1. The maximum absolute atomic E-state index is 13.3. The Hall–Kier alpha value is -4.05. The van der Waals surface area contributed by atoms with E-state index in [0.29, 0.717) is 34.1 Å². The van der Waals surface area contributed by atoms with Crippen LogP contribution in [-0.2, 0) is 14.8 Å². The second-order valence-electron chi connectivity index (χ2n) is 7.62. The van der Waals surface area contributed by atoms with Crippen molar-refractivity contribution in [3.63, 3.8) is 0 Å². The molecule has 4 rings (SSSR count). The Morgan fingerprint density at radius 3 is 2.65 bits per heavy atom. The third kappa shape index (κ3) is 4.40. The molecule has 2 amide bonds. The molecule has 1 heterocycles. The van der Waals surface area contributed by atoms with Crippen LogP contribution in [0.1, 0.15) is 15.9 Å². The highest BCUT2D eigenvalue weighted by molar-refractivity contribution is 7.92. The first kappa shape index (κ1) is 23.1. The van der Waals surface area contributed by atoms with Crippen molar-refractivity contribution in [2.45, 2.75) is 11.8 Å². The molecule has 10 heteroatoms. The molecule has 1 aliphatic heterocycles. The van der Waals surface area contributed by atoms with Gasteiger partial charge in [-0.15, -0.1) is 0 Å². The van der Waals surface area contributed by atoms with E-state index in [1.807, 2.05) is 0 Å². The summed E-state index contributed by atoms with van der Waals surface area (Å²) >= 11 is 0. The highest BCUT2D eigenvalue weighted by Crippen LogP contribution is 2.32. The van der Waals surface area contributed by atoms with Crippen LogP contribution in [0.4, 0.5) is 17.1 Å². The molecule has 0 atom stereocenters. The van der Waals surface area contributed by atoms with Gasteiger partial charge in [-0.25, -0.2) is 8.42 Å². The fraction of sp³-hybridized carbons (Fsp3) is 0.167. The first-order valence-electron chi connectivity index (χ1n) is 10.3. The van der Waals surface area contributed by atoms with Crippen molar-refractivity contribution in [1.82, 2.24) is 0 Å². The van der Waals surface area contributed by atoms with E-state index in [1.165, 1.54) is 26.3 Å². The maximum atomic E-state index is 13.3. The number of hydrogen-bond donors (Lipinski definition) is 2. The van der Waals surface area contributed by atoms with Crippen LogP contribution in [0.15, 0.2) is 65.6 Å². The third-order valence-corrected chi connectivity index (χ3v) is 7.17. The van der Waals surface area contributed by atoms with E-state index in [4.69, 9.17) is 9.47 Å². The summed E-state index contributed by atoms with van der Waals surface area (Å²) in [6.07, 6.45) is 0. The van der Waals surface area contributed by atoms with Crippen LogP contribution >= 0.6 is 0 Å². The van der Waals surface area contributed by atoms with Crippen LogP contribution in [0.25, 0.3) is 0 Å². The highest BCUT2D eigenvalue weighted by atomic mass is 32.2. The number of amides is 2. The number of nitrogens with one attached hydrogen (secondary N) is 2. The van der Waals surface area contributed by atoms with Gasteiger partial charge in [0.15, 0.2) is 6.61 Å². The van der Waals surface area contributed by atoms with Crippen LogP contribution < -0.4 is 24.4 Å². The number of nitrogens with zero attached hydrogens (tertiary/aromatic N) is 1. The summed E-state index contributed by atoms with van der Waals surface area (Å²) in [4.78, 5) is 24.6. The van der Waals surface area contributed by atoms with Gasteiger partial charge in [0.2, 0.25) is 0 Å². The molecular formula is C24H23N3O6S. The average molecular weight is 482 g/mol. The number of ether oxygens (including phenoxy) is 2. The van der Waals surface area contributed by atoms with Gasteiger partial charge < -0.3 is 20.1 Å². The van der Waals surface area contributed by atoms with E-state index < -0.39 is 15.9 Å². The van der Waals surface area contributed by atoms with Crippen LogP contribution in [-0.4, -0.2) is 41.0 Å². The molecule has 3 aromatic rings. The average Bonchev–Trinajstić information content (AvgIpc) is 2.83. The second kappa shape index (κ2) is 9.06. The van der Waals surface area contributed by atoms with Crippen LogP contribution in [0.2, 0.25) is 0 Å². The van der Waals surface area contributed by atoms with Gasteiger partial charge >= 0.3 is 0 Å². The van der Waals surface area contributed by atoms with E-state index in [9.17, 15) is 18.0 Å². The number of aryl methyl sites for hydroxylation is 1. The minimum Gasteiger partial charge on any atom is -0.495 e. The first-order valence-corrected chi connectivity index (χ1v) is 11.8. The number of sulfonamides is 1. The normalized spacial score (nSPS) is 12.7. The lowest BCUT2D eigenvalue weighted by atomic mass is 10.1. The van der Waals surface area contributed by atoms with E-state index in [0.717, 1.165) is 4.31 Å². The molecule has 0 radical (unpaired) electrons. The lowest BCUT2D eigenvalue weighted by Gasteiger charge is -2.22. The van der Waals surface area contributed by atoms with Crippen molar-refractivity contribution in [2.24, 2.45) is 0 Å². The van der Waals surface area contributed by atoms with Crippen molar-refractivity contribution in [3.05, 3.63) is 71.8 Å². The van der Waals surface area contributed by atoms with Crippen molar-refractivity contribution in [3.8, 4) is 11.5 Å². The Labute approximate surface area is 197 Å². The number of hydrogen-bond acceptors (Lipinski definition) is 6. The van der Waals surface area contributed by atoms with E-state index >= 15 is 0 Å². The number of anilines is 3. The number of carbonyl (C=O) groups is 2. The van der Waals surface area contributed by atoms with E-state index in [2.05, 4.69) is 10.6 Å². The predicted molar refractivity (Wildman–Crippen MR) is 128 cm³/mol. The zero-order valence-electron chi connectivity index (χ0n) is 18.8. The maximum Gasteiger partial charge on any atom is 0.264 e. The molecule has 0 saturated carbocycles. The lowest BCUT2D eigenvalue weighted by molar-refractivity contribution is -0.118.